The van der Waals surface area contributed by atoms with Gasteiger partial charge in [0.25, 0.3) is 0 Å². The molecule has 2 N–H and O–H groups in total. The second kappa shape index (κ2) is 2.61. The van der Waals surface area contributed by atoms with Gasteiger partial charge in [-0.25, -0.2) is 0 Å². The van der Waals surface area contributed by atoms with Gasteiger partial charge in [0, 0.05) is 0 Å². The second-order valence-corrected chi connectivity index (χ2v) is 3.69. The Morgan fingerprint density at radius 2 is 2.18 bits per heavy atom. The van der Waals surface area contributed by atoms with Crippen molar-refractivity contribution in [2.75, 3.05) is 6.61 Å². The maximum Gasteiger partial charge on any atom is 0.0804 e. The SMILES string of the molecule is OCC(O)[C@H]1C[C@@H]2C=C[C@H]1C2. The van der Waals surface area contributed by atoms with Crippen molar-refractivity contribution in [3.05, 3.63) is 12.2 Å². The lowest BCUT2D eigenvalue weighted by molar-refractivity contribution is 0.0374. The van der Waals surface area contributed by atoms with Gasteiger partial charge in [0.2, 0.25) is 0 Å². The summed E-state index contributed by atoms with van der Waals surface area (Å²) in [6.45, 7) is -0.0816. The van der Waals surface area contributed by atoms with Crippen molar-refractivity contribution in [2.24, 2.45) is 17.8 Å². The normalized spacial score (nSPS) is 43.3. The molecule has 0 amide bonds. The molecule has 0 aromatic carbocycles. The molecule has 0 aliphatic heterocycles. The topological polar surface area (TPSA) is 40.5 Å². The largest absolute Gasteiger partial charge is 0.394 e. The van der Waals surface area contributed by atoms with E-state index in [0.717, 1.165) is 6.42 Å². The Morgan fingerprint density at radius 3 is 2.64 bits per heavy atom. The first-order valence-corrected chi connectivity index (χ1v) is 4.28. The molecule has 2 aliphatic carbocycles. The summed E-state index contributed by atoms with van der Waals surface area (Å²) < 4.78 is 0. The minimum atomic E-state index is -0.491. The summed E-state index contributed by atoms with van der Waals surface area (Å²) in [4.78, 5) is 0. The lowest BCUT2D eigenvalue weighted by atomic mass is 9.89. The quantitative estimate of drug-likeness (QED) is 0.570. The van der Waals surface area contributed by atoms with Crippen LogP contribution in [0, 0.1) is 17.8 Å². The zero-order valence-corrected chi connectivity index (χ0v) is 6.48. The number of allylic oxidation sites excluding steroid dienone is 2. The highest BCUT2D eigenvalue weighted by Crippen LogP contribution is 2.44. The summed E-state index contributed by atoms with van der Waals surface area (Å²) in [7, 11) is 0. The molecule has 1 fully saturated rings. The van der Waals surface area contributed by atoms with Gasteiger partial charge in [0.1, 0.15) is 0 Å². The van der Waals surface area contributed by atoms with Gasteiger partial charge in [-0.15, -0.1) is 0 Å². The average Bonchev–Trinajstić information content (AvgIpc) is 2.62. The van der Waals surface area contributed by atoms with E-state index in [0.29, 0.717) is 17.8 Å². The second-order valence-electron chi connectivity index (χ2n) is 3.69. The zero-order valence-electron chi connectivity index (χ0n) is 6.48. The van der Waals surface area contributed by atoms with Crippen molar-refractivity contribution in [1.29, 1.82) is 0 Å². The van der Waals surface area contributed by atoms with Crippen LogP contribution in [0.25, 0.3) is 0 Å². The number of hydrogen-bond acceptors (Lipinski definition) is 2. The van der Waals surface area contributed by atoms with Crippen molar-refractivity contribution in [3.8, 4) is 0 Å². The summed E-state index contributed by atoms with van der Waals surface area (Å²) in [6.07, 6.45) is 6.21. The molecule has 0 aromatic rings. The van der Waals surface area contributed by atoms with E-state index >= 15 is 0 Å². The predicted octanol–water partition coefficient (Wildman–Crippen LogP) is 0.552. The molecule has 2 bridgehead atoms. The fourth-order valence-corrected chi connectivity index (χ4v) is 2.40. The van der Waals surface area contributed by atoms with Crippen molar-refractivity contribution in [2.45, 2.75) is 18.9 Å². The minimum Gasteiger partial charge on any atom is -0.394 e. The number of aliphatic hydroxyl groups is 2. The standard InChI is InChI=1S/C9H14O2/c10-5-9(11)8-4-6-1-2-7(8)3-6/h1-2,6-11H,3-5H2/t6-,7+,8+,9?/m1/s1. The summed E-state index contributed by atoms with van der Waals surface area (Å²) in [6, 6.07) is 0. The molecule has 0 aromatic heterocycles. The van der Waals surface area contributed by atoms with Crippen LogP contribution >= 0.6 is 0 Å². The third-order valence-electron chi connectivity index (χ3n) is 3.01. The van der Waals surface area contributed by atoms with E-state index in [9.17, 15) is 5.11 Å². The van der Waals surface area contributed by atoms with Gasteiger partial charge < -0.3 is 10.2 Å². The maximum atomic E-state index is 9.40. The Morgan fingerprint density at radius 1 is 1.36 bits per heavy atom. The van der Waals surface area contributed by atoms with Crippen LogP contribution in [-0.2, 0) is 0 Å². The summed E-state index contributed by atoms with van der Waals surface area (Å²) in [5.74, 6) is 1.56. The highest BCUT2D eigenvalue weighted by Gasteiger charge is 2.38. The highest BCUT2D eigenvalue weighted by molar-refractivity contribution is 5.11. The lowest BCUT2D eigenvalue weighted by Crippen LogP contribution is -2.27. The molecule has 4 atom stereocenters. The summed E-state index contributed by atoms with van der Waals surface area (Å²) >= 11 is 0. The van der Waals surface area contributed by atoms with Crippen molar-refractivity contribution in [3.63, 3.8) is 0 Å². The van der Waals surface area contributed by atoms with Crippen LogP contribution in [0.5, 0.6) is 0 Å². The first kappa shape index (κ1) is 7.32. The van der Waals surface area contributed by atoms with Gasteiger partial charge >= 0.3 is 0 Å². The molecule has 1 unspecified atom stereocenters. The molecule has 2 rings (SSSR count). The summed E-state index contributed by atoms with van der Waals surface area (Å²) in [5.41, 5.74) is 0. The van der Waals surface area contributed by atoms with Crippen LogP contribution in [0.2, 0.25) is 0 Å². The van der Waals surface area contributed by atoms with Gasteiger partial charge in [-0.1, -0.05) is 12.2 Å². The highest BCUT2D eigenvalue weighted by atomic mass is 16.3. The third-order valence-corrected chi connectivity index (χ3v) is 3.01. The molecule has 0 saturated heterocycles. The molecule has 1 saturated carbocycles. The van der Waals surface area contributed by atoms with E-state index in [4.69, 9.17) is 5.11 Å². The van der Waals surface area contributed by atoms with E-state index in [1.54, 1.807) is 0 Å². The molecular formula is C9H14O2. The van der Waals surface area contributed by atoms with E-state index < -0.39 is 6.10 Å². The molecular weight excluding hydrogens is 140 g/mol. The van der Waals surface area contributed by atoms with E-state index in [-0.39, 0.29) is 6.61 Å². The zero-order chi connectivity index (χ0) is 7.84. The number of aliphatic hydroxyl groups excluding tert-OH is 2. The molecule has 2 aliphatic rings. The fourth-order valence-electron chi connectivity index (χ4n) is 2.40. The Kier molecular flexibility index (Phi) is 1.74. The molecule has 0 radical (unpaired) electrons. The van der Waals surface area contributed by atoms with Crippen LogP contribution in [0.15, 0.2) is 12.2 Å². The van der Waals surface area contributed by atoms with Crippen LogP contribution in [0.1, 0.15) is 12.8 Å². The first-order valence-electron chi connectivity index (χ1n) is 4.28. The lowest BCUT2D eigenvalue weighted by Gasteiger charge is -2.22. The van der Waals surface area contributed by atoms with E-state index in [1.807, 2.05) is 0 Å². The maximum absolute atomic E-state index is 9.40. The van der Waals surface area contributed by atoms with Crippen LogP contribution in [0.4, 0.5) is 0 Å². The van der Waals surface area contributed by atoms with Gasteiger partial charge in [-0.05, 0) is 30.6 Å². The van der Waals surface area contributed by atoms with Crippen molar-refractivity contribution < 1.29 is 10.2 Å². The monoisotopic (exact) mass is 154 g/mol. The molecule has 0 heterocycles. The van der Waals surface area contributed by atoms with E-state index in [1.165, 1.54) is 6.42 Å². The molecule has 62 valence electrons. The Labute approximate surface area is 66.5 Å². The summed E-state index contributed by atoms with van der Waals surface area (Å²) in [5, 5.41) is 18.1. The minimum absolute atomic E-state index is 0.0816. The molecule has 2 nitrogen and oxygen atoms in total. The average molecular weight is 154 g/mol. The Hall–Kier alpha value is -0.340. The Balaban J connectivity index is 2.02. The van der Waals surface area contributed by atoms with Gasteiger partial charge in [-0.2, -0.15) is 0 Å². The number of hydrogen-bond donors (Lipinski definition) is 2. The number of fused-ring (bicyclic) bond motifs is 2. The van der Waals surface area contributed by atoms with Gasteiger partial charge in [0.15, 0.2) is 0 Å². The van der Waals surface area contributed by atoms with Gasteiger partial charge in [-0.3, -0.25) is 0 Å². The molecule has 0 spiro atoms. The van der Waals surface area contributed by atoms with Crippen LogP contribution in [0.3, 0.4) is 0 Å². The van der Waals surface area contributed by atoms with Crippen molar-refractivity contribution >= 4 is 0 Å². The van der Waals surface area contributed by atoms with Crippen LogP contribution < -0.4 is 0 Å². The fraction of sp³-hybridized carbons (Fsp3) is 0.778. The Bertz CT molecular complexity index is 176. The molecule has 2 heteroatoms. The predicted molar refractivity (Wildman–Crippen MR) is 41.9 cm³/mol. The first-order chi connectivity index (χ1) is 5.31. The van der Waals surface area contributed by atoms with Crippen LogP contribution in [-0.4, -0.2) is 22.9 Å². The molecule has 11 heavy (non-hydrogen) atoms. The van der Waals surface area contributed by atoms with E-state index in [2.05, 4.69) is 12.2 Å². The van der Waals surface area contributed by atoms with Gasteiger partial charge in [0.05, 0.1) is 12.7 Å². The third kappa shape index (κ3) is 1.10. The van der Waals surface area contributed by atoms with Crippen molar-refractivity contribution in [1.82, 2.24) is 0 Å². The smallest absolute Gasteiger partial charge is 0.0804 e. The number of rotatable bonds is 2.